The first-order valence-electron chi connectivity index (χ1n) is 4.26. The number of aryl methyl sites for hydroxylation is 1. The lowest BCUT2D eigenvalue weighted by molar-refractivity contribution is -0.137. The number of carbonyl (C=O) groups is 1. The van der Waals surface area contributed by atoms with Crippen LogP contribution in [0.15, 0.2) is 22.7 Å². The topological polar surface area (TPSA) is 49.3 Å². The average molecular weight is 258 g/mol. The van der Waals surface area contributed by atoms with E-state index in [4.69, 9.17) is 5.11 Å². The Kier molecular flexibility index (Phi) is 3.52. The minimum Gasteiger partial charge on any atom is -0.480 e. The molecule has 0 aliphatic rings. The zero-order chi connectivity index (χ0) is 10.7. The predicted octanol–water partition coefficient (Wildman–Crippen LogP) is 2.64. The van der Waals surface area contributed by atoms with Crippen molar-refractivity contribution in [1.82, 2.24) is 0 Å². The van der Waals surface area contributed by atoms with Crippen molar-refractivity contribution in [3.8, 4) is 0 Å². The number of hydrogen-bond acceptors (Lipinski definition) is 2. The number of nitrogens with one attached hydrogen (secondary N) is 1. The Labute approximate surface area is 91.3 Å². The molecule has 76 valence electrons. The molecule has 1 aromatic rings. The molecule has 1 rings (SSSR count). The number of anilines is 1. The van der Waals surface area contributed by atoms with E-state index in [-0.39, 0.29) is 0 Å². The van der Waals surface area contributed by atoms with E-state index in [2.05, 4.69) is 21.2 Å². The quantitative estimate of drug-likeness (QED) is 0.876. The van der Waals surface area contributed by atoms with E-state index in [1.807, 2.05) is 25.1 Å². The molecule has 1 atom stereocenters. The van der Waals surface area contributed by atoms with Crippen molar-refractivity contribution in [2.24, 2.45) is 0 Å². The minimum absolute atomic E-state index is 0.589. The molecule has 0 aromatic heterocycles. The Morgan fingerprint density at radius 3 is 2.71 bits per heavy atom. The van der Waals surface area contributed by atoms with Crippen molar-refractivity contribution < 1.29 is 9.90 Å². The van der Waals surface area contributed by atoms with Gasteiger partial charge in [-0.3, -0.25) is 4.79 Å². The highest BCUT2D eigenvalue weighted by Crippen LogP contribution is 2.23. The molecule has 0 saturated heterocycles. The molecule has 1 aromatic carbocycles. The Morgan fingerprint density at radius 2 is 2.21 bits per heavy atom. The van der Waals surface area contributed by atoms with Crippen LogP contribution in [0.5, 0.6) is 0 Å². The van der Waals surface area contributed by atoms with Crippen LogP contribution in [-0.4, -0.2) is 17.1 Å². The van der Waals surface area contributed by atoms with E-state index in [0.717, 1.165) is 15.7 Å². The lowest BCUT2D eigenvalue weighted by atomic mass is 10.2. The first kappa shape index (κ1) is 11.0. The van der Waals surface area contributed by atoms with Gasteiger partial charge in [0.1, 0.15) is 6.04 Å². The van der Waals surface area contributed by atoms with Gasteiger partial charge < -0.3 is 10.4 Å². The lowest BCUT2D eigenvalue weighted by Crippen LogP contribution is -2.25. The highest BCUT2D eigenvalue weighted by molar-refractivity contribution is 9.10. The van der Waals surface area contributed by atoms with Gasteiger partial charge in [0.2, 0.25) is 0 Å². The lowest BCUT2D eigenvalue weighted by Gasteiger charge is -2.12. The summed E-state index contributed by atoms with van der Waals surface area (Å²) in [4.78, 5) is 10.6. The molecule has 0 fully saturated rings. The third-order valence-electron chi connectivity index (χ3n) is 1.87. The van der Waals surface area contributed by atoms with Crippen LogP contribution in [0, 0.1) is 6.92 Å². The maximum atomic E-state index is 10.6. The summed E-state index contributed by atoms with van der Waals surface area (Å²) in [5.41, 5.74) is 1.93. The standard InChI is InChI=1S/C10H12BrNO2/c1-6-3-4-9(8(11)5-6)12-7(2)10(13)14/h3-5,7,12H,1-2H3,(H,13,14)/t7-/m0/s1. The van der Waals surface area contributed by atoms with Gasteiger partial charge in [-0.2, -0.15) is 0 Å². The maximum absolute atomic E-state index is 10.6. The van der Waals surface area contributed by atoms with E-state index in [9.17, 15) is 4.79 Å². The fourth-order valence-electron chi connectivity index (χ4n) is 1.03. The van der Waals surface area contributed by atoms with Crippen molar-refractivity contribution in [3.63, 3.8) is 0 Å². The Balaban J connectivity index is 2.82. The van der Waals surface area contributed by atoms with Crippen molar-refractivity contribution in [3.05, 3.63) is 28.2 Å². The summed E-state index contributed by atoms with van der Waals surface area (Å²) in [6.07, 6.45) is 0. The zero-order valence-corrected chi connectivity index (χ0v) is 9.63. The van der Waals surface area contributed by atoms with Gasteiger partial charge in [-0.25, -0.2) is 0 Å². The summed E-state index contributed by atoms with van der Waals surface area (Å²) in [5.74, 6) is -0.863. The van der Waals surface area contributed by atoms with Gasteiger partial charge in [0.15, 0.2) is 0 Å². The van der Waals surface area contributed by atoms with E-state index >= 15 is 0 Å². The fourth-order valence-corrected chi connectivity index (χ4v) is 1.64. The third-order valence-corrected chi connectivity index (χ3v) is 2.52. The fraction of sp³-hybridized carbons (Fsp3) is 0.300. The van der Waals surface area contributed by atoms with Crippen LogP contribution >= 0.6 is 15.9 Å². The molecule has 0 heterocycles. The van der Waals surface area contributed by atoms with Gasteiger partial charge in [0.25, 0.3) is 0 Å². The van der Waals surface area contributed by atoms with E-state index in [0.29, 0.717) is 0 Å². The van der Waals surface area contributed by atoms with Crippen molar-refractivity contribution in [2.75, 3.05) is 5.32 Å². The highest BCUT2D eigenvalue weighted by atomic mass is 79.9. The summed E-state index contributed by atoms with van der Waals surface area (Å²) in [6.45, 7) is 3.59. The molecular weight excluding hydrogens is 246 g/mol. The van der Waals surface area contributed by atoms with Crippen molar-refractivity contribution in [1.29, 1.82) is 0 Å². The largest absolute Gasteiger partial charge is 0.480 e. The number of halogens is 1. The second-order valence-electron chi connectivity index (χ2n) is 3.19. The number of rotatable bonds is 3. The highest BCUT2D eigenvalue weighted by Gasteiger charge is 2.11. The number of benzene rings is 1. The summed E-state index contributed by atoms with van der Waals surface area (Å²) >= 11 is 3.37. The van der Waals surface area contributed by atoms with Gasteiger partial charge in [-0.15, -0.1) is 0 Å². The van der Waals surface area contributed by atoms with Crippen molar-refractivity contribution >= 4 is 27.6 Å². The van der Waals surface area contributed by atoms with Gasteiger partial charge in [0.05, 0.1) is 0 Å². The van der Waals surface area contributed by atoms with Gasteiger partial charge in [-0.1, -0.05) is 6.07 Å². The first-order chi connectivity index (χ1) is 6.50. The number of aliphatic carboxylic acids is 1. The molecule has 4 heteroatoms. The van der Waals surface area contributed by atoms with Crippen LogP contribution < -0.4 is 5.32 Å². The smallest absolute Gasteiger partial charge is 0.325 e. The van der Waals surface area contributed by atoms with Crippen LogP contribution in [0.4, 0.5) is 5.69 Å². The molecule has 0 aliphatic heterocycles. The average Bonchev–Trinajstić information content (AvgIpc) is 2.09. The first-order valence-corrected chi connectivity index (χ1v) is 5.05. The molecular formula is C10H12BrNO2. The summed E-state index contributed by atoms with van der Waals surface area (Å²) in [7, 11) is 0. The number of hydrogen-bond donors (Lipinski definition) is 2. The Morgan fingerprint density at radius 1 is 1.57 bits per heavy atom. The molecule has 0 amide bonds. The van der Waals surface area contributed by atoms with E-state index < -0.39 is 12.0 Å². The molecule has 0 unspecified atom stereocenters. The second kappa shape index (κ2) is 4.46. The number of carboxylic acids is 1. The van der Waals surface area contributed by atoms with Crippen LogP contribution in [0.2, 0.25) is 0 Å². The summed E-state index contributed by atoms with van der Waals surface area (Å²) in [5, 5.41) is 11.6. The Bertz CT molecular complexity index is 352. The normalized spacial score (nSPS) is 12.2. The monoisotopic (exact) mass is 257 g/mol. The van der Waals surface area contributed by atoms with Crippen LogP contribution in [0.1, 0.15) is 12.5 Å². The Hall–Kier alpha value is -1.03. The molecule has 14 heavy (non-hydrogen) atoms. The van der Waals surface area contributed by atoms with Crippen molar-refractivity contribution in [2.45, 2.75) is 19.9 Å². The van der Waals surface area contributed by atoms with Gasteiger partial charge in [-0.05, 0) is 47.5 Å². The molecule has 0 aliphatic carbocycles. The van der Waals surface area contributed by atoms with Crippen LogP contribution in [0.3, 0.4) is 0 Å². The van der Waals surface area contributed by atoms with Gasteiger partial charge >= 0.3 is 5.97 Å². The minimum atomic E-state index is -0.863. The number of carboxylic acid groups (broad SMARTS) is 1. The molecule has 3 nitrogen and oxygen atoms in total. The predicted molar refractivity (Wildman–Crippen MR) is 59.6 cm³/mol. The molecule has 0 bridgehead atoms. The van der Waals surface area contributed by atoms with Crippen LogP contribution in [0.25, 0.3) is 0 Å². The van der Waals surface area contributed by atoms with Crippen LogP contribution in [-0.2, 0) is 4.79 Å². The SMILES string of the molecule is Cc1ccc(N[C@@H](C)C(=O)O)c(Br)c1. The molecule has 0 saturated carbocycles. The molecule has 0 radical (unpaired) electrons. The summed E-state index contributed by atoms with van der Waals surface area (Å²) < 4.78 is 0.880. The third kappa shape index (κ3) is 2.73. The van der Waals surface area contributed by atoms with E-state index in [1.54, 1.807) is 6.92 Å². The van der Waals surface area contributed by atoms with E-state index in [1.165, 1.54) is 0 Å². The molecule has 0 spiro atoms. The zero-order valence-electron chi connectivity index (χ0n) is 8.04. The maximum Gasteiger partial charge on any atom is 0.325 e. The van der Waals surface area contributed by atoms with Gasteiger partial charge in [0, 0.05) is 10.2 Å². The molecule has 2 N–H and O–H groups in total. The summed E-state index contributed by atoms with van der Waals surface area (Å²) in [6, 6.07) is 5.14. The second-order valence-corrected chi connectivity index (χ2v) is 4.04.